The Morgan fingerprint density at radius 1 is 1.39 bits per heavy atom. The number of carbonyl (C=O) groups excluding carboxylic acids is 2. The third kappa shape index (κ3) is 3.07. The van der Waals surface area contributed by atoms with E-state index < -0.39 is 5.91 Å². The molecule has 0 saturated carbocycles. The molecule has 1 aromatic carbocycles. The Kier molecular flexibility index (Phi) is 3.94. The van der Waals surface area contributed by atoms with Crippen molar-refractivity contribution in [3.8, 4) is 0 Å². The Balaban J connectivity index is 1.95. The quantitative estimate of drug-likeness (QED) is 0.707. The van der Waals surface area contributed by atoms with Crippen LogP contribution in [0.1, 0.15) is 27.1 Å². The highest BCUT2D eigenvalue weighted by atomic mass is 16.2. The number of benzene rings is 1. The summed E-state index contributed by atoms with van der Waals surface area (Å²) >= 11 is 0. The molecule has 5 heteroatoms. The fraction of sp³-hybridized carbons (Fsp3) is 0.385. The van der Waals surface area contributed by atoms with Gasteiger partial charge < -0.3 is 16.4 Å². The van der Waals surface area contributed by atoms with Crippen LogP contribution in [0, 0.1) is 5.92 Å². The van der Waals surface area contributed by atoms with Gasteiger partial charge in [-0.15, -0.1) is 0 Å². The maximum Gasteiger partial charge on any atom is 0.251 e. The molecule has 0 bridgehead atoms. The highest BCUT2D eigenvalue weighted by Crippen LogP contribution is 2.07. The van der Waals surface area contributed by atoms with Crippen LogP contribution in [0.2, 0.25) is 0 Å². The highest BCUT2D eigenvalue weighted by molar-refractivity contribution is 5.99. The topological polar surface area (TPSA) is 84.2 Å². The standard InChI is InChI=1S/C13H17N3O2/c14-12(17)10-2-1-3-11(6-10)13(18)16-8-9-4-5-15-7-9/h1-3,6,9,15H,4-5,7-8H2,(H2,14,17)(H,16,18). The van der Waals surface area contributed by atoms with Crippen molar-refractivity contribution in [2.45, 2.75) is 6.42 Å². The van der Waals surface area contributed by atoms with E-state index in [1.54, 1.807) is 18.2 Å². The number of primary amides is 1. The Bertz CT molecular complexity index is 453. The van der Waals surface area contributed by atoms with Gasteiger partial charge in [0.05, 0.1) is 0 Å². The molecule has 5 nitrogen and oxygen atoms in total. The van der Waals surface area contributed by atoms with Gasteiger partial charge in [0.1, 0.15) is 0 Å². The van der Waals surface area contributed by atoms with E-state index in [0.29, 0.717) is 23.6 Å². The Hall–Kier alpha value is -1.88. The summed E-state index contributed by atoms with van der Waals surface area (Å²) in [4.78, 5) is 22.9. The summed E-state index contributed by atoms with van der Waals surface area (Å²) in [6.45, 7) is 2.62. The van der Waals surface area contributed by atoms with E-state index in [-0.39, 0.29) is 5.91 Å². The summed E-state index contributed by atoms with van der Waals surface area (Å²) in [5.74, 6) is -0.192. The molecule has 0 aromatic heterocycles. The fourth-order valence-electron chi connectivity index (χ4n) is 2.04. The average molecular weight is 247 g/mol. The predicted molar refractivity (Wildman–Crippen MR) is 68.3 cm³/mol. The normalized spacial score (nSPS) is 18.6. The van der Waals surface area contributed by atoms with Crippen molar-refractivity contribution in [2.24, 2.45) is 11.7 Å². The third-order valence-electron chi connectivity index (χ3n) is 3.12. The Morgan fingerprint density at radius 3 is 2.83 bits per heavy atom. The smallest absolute Gasteiger partial charge is 0.251 e. The van der Waals surface area contributed by atoms with Crippen molar-refractivity contribution in [1.82, 2.24) is 10.6 Å². The fourth-order valence-corrected chi connectivity index (χ4v) is 2.04. The Labute approximate surface area is 106 Å². The van der Waals surface area contributed by atoms with Crippen LogP contribution in [0.3, 0.4) is 0 Å². The molecule has 4 N–H and O–H groups in total. The van der Waals surface area contributed by atoms with Gasteiger partial charge in [0.25, 0.3) is 5.91 Å². The molecule has 18 heavy (non-hydrogen) atoms. The van der Waals surface area contributed by atoms with Gasteiger partial charge >= 0.3 is 0 Å². The Morgan fingerprint density at radius 2 is 2.17 bits per heavy atom. The van der Waals surface area contributed by atoms with E-state index >= 15 is 0 Å². The molecule has 0 spiro atoms. The second-order valence-corrected chi connectivity index (χ2v) is 4.51. The lowest BCUT2D eigenvalue weighted by Crippen LogP contribution is -2.30. The van der Waals surface area contributed by atoms with Crippen molar-refractivity contribution in [1.29, 1.82) is 0 Å². The van der Waals surface area contributed by atoms with E-state index in [4.69, 9.17) is 5.73 Å². The van der Waals surface area contributed by atoms with Gasteiger partial charge in [-0.05, 0) is 43.6 Å². The first kappa shape index (κ1) is 12.6. The summed E-state index contributed by atoms with van der Waals surface area (Å²) in [6, 6.07) is 6.45. The van der Waals surface area contributed by atoms with Crippen molar-refractivity contribution >= 4 is 11.8 Å². The lowest BCUT2D eigenvalue weighted by Gasteiger charge is -2.10. The number of carbonyl (C=O) groups is 2. The molecule has 1 fully saturated rings. The minimum Gasteiger partial charge on any atom is -0.366 e. The van der Waals surface area contributed by atoms with Crippen LogP contribution in [0.15, 0.2) is 24.3 Å². The molecular formula is C13H17N3O2. The average Bonchev–Trinajstić information content (AvgIpc) is 2.89. The van der Waals surface area contributed by atoms with E-state index in [0.717, 1.165) is 19.5 Å². The number of amides is 2. The largest absolute Gasteiger partial charge is 0.366 e. The lowest BCUT2D eigenvalue weighted by molar-refractivity contribution is 0.0948. The van der Waals surface area contributed by atoms with Crippen molar-refractivity contribution < 1.29 is 9.59 Å². The molecule has 96 valence electrons. The van der Waals surface area contributed by atoms with E-state index in [1.807, 2.05) is 0 Å². The first-order valence-electron chi connectivity index (χ1n) is 6.05. The second kappa shape index (κ2) is 5.64. The maximum atomic E-state index is 11.9. The van der Waals surface area contributed by atoms with Crippen LogP contribution in [0.5, 0.6) is 0 Å². The zero-order valence-corrected chi connectivity index (χ0v) is 10.1. The van der Waals surface area contributed by atoms with Crippen LogP contribution >= 0.6 is 0 Å². The van der Waals surface area contributed by atoms with Crippen LogP contribution in [0.4, 0.5) is 0 Å². The molecule has 1 aromatic rings. The van der Waals surface area contributed by atoms with Gasteiger partial charge in [0.15, 0.2) is 0 Å². The van der Waals surface area contributed by atoms with Crippen molar-refractivity contribution in [3.05, 3.63) is 35.4 Å². The van der Waals surface area contributed by atoms with Crippen molar-refractivity contribution in [2.75, 3.05) is 19.6 Å². The highest BCUT2D eigenvalue weighted by Gasteiger charge is 2.16. The number of hydrogen-bond acceptors (Lipinski definition) is 3. The minimum absolute atomic E-state index is 0.162. The molecular weight excluding hydrogens is 230 g/mol. The maximum absolute atomic E-state index is 11.9. The van der Waals surface area contributed by atoms with Crippen LogP contribution in [-0.4, -0.2) is 31.4 Å². The van der Waals surface area contributed by atoms with Gasteiger partial charge in [-0.3, -0.25) is 9.59 Å². The zero-order chi connectivity index (χ0) is 13.0. The van der Waals surface area contributed by atoms with Gasteiger partial charge in [-0.25, -0.2) is 0 Å². The second-order valence-electron chi connectivity index (χ2n) is 4.51. The monoisotopic (exact) mass is 247 g/mol. The summed E-state index contributed by atoms with van der Waals surface area (Å²) in [5, 5.41) is 6.12. The molecule has 0 aliphatic carbocycles. The van der Waals surface area contributed by atoms with Gasteiger partial charge in [-0.1, -0.05) is 6.07 Å². The van der Waals surface area contributed by atoms with E-state index in [2.05, 4.69) is 10.6 Å². The SMILES string of the molecule is NC(=O)c1cccc(C(=O)NCC2CCNC2)c1. The summed E-state index contributed by atoms with van der Waals surface area (Å²) in [7, 11) is 0. The van der Waals surface area contributed by atoms with Gasteiger partial charge in [0.2, 0.25) is 5.91 Å². The lowest BCUT2D eigenvalue weighted by atomic mass is 10.1. The van der Waals surface area contributed by atoms with E-state index in [1.165, 1.54) is 6.07 Å². The molecule has 1 aliphatic rings. The predicted octanol–water partition coefficient (Wildman–Crippen LogP) is 0.125. The molecule has 1 aliphatic heterocycles. The summed E-state index contributed by atoms with van der Waals surface area (Å²) in [6.07, 6.45) is 1.08. The molecule has 0 radical (unpaired) electrons. The first-order valence-corrected chi connectivity index (χ1v) is 6.05. The van der Waals surface area contributed by atoms with E-state index in [9.17, 15) is 9.59 Å². The molecule has 1 atom stereocenters. The molecule has 2 rings (SSSR count). The number of rotatable bonds is 4. The molecule has 1 heterocycles. The molecule has 1 saturated heterocycles. The summed E-state index contributed by atoms with van der Waals surface area (Å²) < 4.78 is 0. The van der Waals surface area contributed by atoms with Crippen LogP contribution in [0.25, 0.3) is 0 Å². The summed E-state index contributed by atoms with van der Waals surface area (Å²) in [5.41, 5.74) is 6.00. The van der Waals surface area contributed by atoms with Gasteiger partial charge in [0, 0.05) is 17.7 Å². The van der Waals surface area contributed by atoms with Crippen LogP contribution in [-0.2, 0) is 0 Å². The van der Waals surface area contributed by atoms with Crippen molar-refractivity contribution in [3.63, 3.8) is 0 Å². The number of nitrogens with two attached hydrogens (primary N) is 1. The van der Waals surface area contributed by atoms with Gasteiger partial charge in [-0.2, -0.15) is 0 Å². The number of hydrogen-bond donors (Lipinski definition) is 3. The molecule has 2 amide bonds. The first-order chi connectivity index (χ1) is 8.66. The van der Waals surface area contributed by atoms with Crippen LogP contribution < -0.4 is 16.4 Å². The number of nitrogens with one attached hydrogen (secondary N) is 2. The zero-order valence-electron chi connectivity index (χ0n) is 10.1. The minimum atomic E-state index is -0.523. The molecule has 1 unspecified atom stereocenters. The third-order valence-corrected chi connectivity index (χ3v) is 3.12.